The molecule has 5 heteroatoms. The molecule has 0 unspecified atom stereocenters. The summed E-state index contributed by atoms with van der Waals surface area (Å²) < 4.78 is 1.95. The van der Waals surface area contributed by atoms with E-state index in [9.17, 15) is 4.79 Å². The van der Waals surface area contributed by atoms with Crippen molar-refractivity contribution in [1.82, 2.24) is 20.4 Å². The maximum absolute atomic E-state index is 11.6. The summed E-state index contributed by atoms with van der Waals surface area (Å²) in [5, 5.41) is 10.4. The fraction of sp³-hybridized carbons (Fsp3) is 0.692. The highest BCUT2D eigenvalue weighted by Gasteiger charge is 2.13. The summed E-state index contributed by atoms with van der Waals surface area (Å²) in [4.78, 5) is 11.6. The Balaban J connectivity index is 2.39. The van der Waals surface area contributed by atoms with E-state index in [1.807, 2.05) is 38.4 Å². The van der Waals surface area contributed by atoms with Gasteiger partial charge in [-0.25, -0.2) is 0 Å². The van der Waals surface area contributed by atoms with E-state index in [1.54, 1.807) is 0 Å². The number of hydrogen-bond acceptors (Lipinski definition) is 3. The lowest BCUT2D eigenvalue weighted by Gasteiger charge is -2.20. The van der Waals surface area contributed by atoms with E-state index in [0.29, 0.717) is 13.1 Å². The van der Waals surface area contributed by atoms with Crippen LogP contribution in [0.5, 0.6) is 0 Å². The minimum Gasteiger partial charge on any atom is -0.350 e. The van der Waals surface area contributed by atoms with Crippen molar-refractivity contribution < 1.29 is 4.79 Å². The predicted molar refractivity (Wildman–Crippen MR) is 72.2 cm³/mol. The van der Waals surface area contributed by atoms with Crippen molar-refractivity contribution in [2.24, 2.45) is 0 Å². The van der Waals surface area contributed by atoms with Crippen LogP contribution in [0.25, 0.3) is 0 Å². The molecule has 102 valence electrons. The molecule has 0 aliphatic rings. The molecule has 0 radical (unpaired) electrons. The standard InChI is InChI=1S/C13H24N4O/c1-6-17-11(7-10(2)16-17)8-14-9-12(18)15-13(3,4)5/h7,14H,6,8-9H2,1-5H3,(H,15,18). The first-order chi connectivity index (χ1) is 8.31. The quantitative estimate of drug-likeness (QED) is 0.828. The molecule has 1 aromatic rings. The van der Waals surface area contributed by atoms with Crippen LogP contribution >= 0.6 is 0 Å². The molecule has 1 heterocycles. The highest BCUT2D eigenvalue weighted by atomic mass is 16.2. The minimum atomic E-state index is -0.180. The first-order valence-electron chi connectivity index (χ1n) is 6.37. The van der Waals surface area contributed by atoms with Crippen LogP contribution in [0.15, 0.2) is 6.07 Å². The number of amides is 1. The number of carbonyl (C=O) groups excluding carboxylic acids is 1. The zero-order valence-electron chi connectivity index (χ0n) is 12.0. The normalized spacial score (nSPS) is 11.6. The number of nitrogens with zero attached hydrogens (tertiary/aromatic N) is 2. The van der Waals surface area contributed by atoms with Gasteiger partial charge in [0.05, 0.1) is 17.9 Å². The molecule has 0 atom stereocenters. The second-order valence-electron chi connectivity index (χ2n) is 5.49. The van der Waals surface area contributed by atoms with Crippen LogP contribution < -0.4 is 10.6 Å². The van der Waals surface area contributed by atoms with Crippen molar-refractivity contribution in [2.75, 3.05) is 6.54 Å². The Morgan fingerprint density at radius 3 is 2.67 bits per heavy atom. The van der Waals surface area contributed by atoms with Crippen LogP contribution in [0.1, 0.15) is 39.1 Å². The Bertz CT molecular complexity index is 404. The third-order valence-electron chi connectivity index (χ3n) is 2.39. The molecule has 0 fully saturated rings. The lowest BCUT2D eigenvalue weighted by atomic mass is 10.1. The number of rotatable bonds is 5. The molecule has 0 saturated carbocycles. The van der Waals surface area contributed by atoms with Gasteiger partial charge in [-0.1, -0.05) is 0 Å². The van der Waals surface area contributed by atoms with E-state index in [1.165, 1.54) is 0 Å². The first-order valence-corrected chi connectivity index (χ1v) is 6.37. The molecular formula is C13H24N4O. The molecule has 0 bridgehead atoms. The van der Waals surface area contributed by atoms with Gasteiger partial charge in [0, 0.05) is 18.6 Å². The van der Waals surface area contributed by atoms with Crippen molar-refractivity contribution in [1.29, 1.82) is 0 Å². The largest absolute Gasteiger partial charge is 0.350 e. The Morgan fingerprint density at radius 2 is 2.11 bits per heavy atom. The molecule has 1 aromatic heterocycles. The van der Waals surface area contributed by atoms with Gasteiger partial charge in [0.15, 0.2) is 0 Å². The van der Waals surface area contributed by atoms with Crippen molar-refractivity contribution >= 4 is 5.91 Å². The van der Waals surface area contributed by atoms with Crippen LogP contribution in [0, 0.1) is 6.92 Å². The smallest absolute Gasteiger partial charge is 0.234 e. The average Bonchev–Trinajstić information content (AvgIpc) is 2.56. The molecule has 5 nitrogen and oxygen atoms in total. The lowest BCUT2D eigenvalue weighted by molar-refractivity contribution is -0.121. The molecule has 0 saturated heterocycles. The Morgan fingerprint density at radius 1 is 1.44 bits per heavy atom. The maximum Gasteiger partial charge on any atom is 0.234 e. The third kappa shape index (κ3) is 4.87. The van der Waals surface area contributed by atoms with Crippen LogP contribution in [0.4, 0.5) is 0 Å². The van der Waals surface area contributed by atoms with E-state index in [0.717, 1.165) is 17.9 Å². The van der Waals surface area contributed by atoms with Gasteiger partial charge in [-0.15, -0.1) is 0 Å². The van der Waals surface area contributed by atoms with Gasteiger partial charge in [-0.3, -0.25) is 9.48 Å². The summed E-state index contributed by atoms with van der Waals surface area (Å²) in [6, 6.07) is 2.04. The third-order valence-corrected chi connectivity index (χ3v) is 2.39. The van der Waals surface area contributed by atoms with Crippen LogP contribution in [-0.2, 0) is 17.9 Å². The summed E-state index contributed by atoms with van der Waals surface area (Å²) in [6.45, 7) is 11.8. The van der Waals surface area contributed by atoms with Gasteiger partial charge in [-0.05, 0) is 40.7 Å². The Kier molecular flexibility index (Phi) is 4.90. The number of aromatic nitrogens is 2. The van der Waals surface area contributed by atoms with Gasteiger partial charge >= 0.3 is 0 Å². The lowest BCUT2D eigenvalue weighted by Crippen LogP contribution is -2.44. The van der Waals surface area contributed by atoms with E-state index < -0.39 is 0 Å². The number of aryl methyl sites for hydroxylation is 2. The van der Waals surface area contributed by atoms with E-state index in [4.69, 9.17) is 0 Å². The predicted octanol–water partition coefficient (Wildman–Crippen LogP) is 1.22. The fourth-order valence-electron chi connectivity index (χ4n) is 1.78. The number of hydrogen-bond donors (Lipinski definition) is 2. The minimum absolute atomic E-state index is 0.0155. The van der Waals surface area contributed by atoms with Crippen molar-refractivity contribution in [3.05, 3.63) is 17.5 Å². The van der Waals surface area contributed by atoms with Gasteiger partial charge in [0.2, 0.25) is 5.91 Å². The molecule has 0 aliphatic heterocycles. The highest BCUT2D eigenvalue weighted by Crippen LogP contribution is 2.03. The van der Waals surface area contributed by atoms with Crippen molar-refractivity contribution in [3.8, 4) is 0 Å². The first kappa shape index (κ1) is 14.7. The highest BCUT2D eigenvalue weighted by molar-refractivity contribution is 5.78. The molecular weight excluding hydrogens is 228 g/mol. The van der Waals surface area contributed by atoms with Gasteiger partial charge in [-0.2, -0.15) is 5.10 Å². The van der Waals surface area contributed by atoms with Gasteiger partial charge in [0.1, 0.15) is 0 Å². The number of carbonyl (C=O) groups is 1. The van der Waals surface area contributed by atoms with E-state index in [-0.39, 0.29) is 11.4 Å². The molecule has 2 N–H and O–H groups in total. The van der Waals surface area contributed by atoms with Crippen molar-refractivity contribution in [2.45, 2.75) is 53.2 Å². The fourth-order valence-corrected chi connectivity index (χ4v) is 1.78. The van der Waals surface area contributed by atoms with Crippen LogP contribution in [-0.4, -0.2) is 27.8 Å². The zero-order valence-corrected chi connectivity index (χ0v) is 12.0. The molecule has 0 aliphatic carbocycles. The molecule has 0 spiro atoms. The summed E-state index contributed by atoms with van der Waals surface area (Å²) in [7, 11) is 0. The maximum atomic E-state index is 11.6. The summed E-state index contributed by atoms with van der Waals surface area (Å²) in [6.07, 6.45) is 0. The van der Waals surface area contributed by atoms with Gasteiger partial charge < -0.3 is 10.6 Å². The molecule has 0 aromatic carbocycles. The Hall–Kier alpha value is -1.36. The summed E-state index contributed by atoms with van der Waals surface area (Å²) in [5.74, 6) is 0.0155. The summed E-state index contributed by atoms with van der Waals surface area (Å²) in [5.41, 5.74) is 1.94. The van der Waals surface area contributed by atoms with Crippen LogP contribution in [0.3, 0.4) is 0 Å². The summed E-state index contributed by atoms with van der Waals surface area (Å²) >= 11 is 0. The Labute approximate surface area is 109 Å². The van der Waals surface area contributed by atoms with E-state index in [2.05, 4.69) is 22.7 Å². The monoisotopic (exact) mass is 252 g/mol. The van der Waals surface area contributed by atoms with E-state index >= 15 is 0 Å². The second kappa shape index (κ2) is 6.00. The molecule has 1 rings (SSSR count). The van der Waals surface area contributed by atoms with Crippen LogP contribution in [0.2, 0.25) is 0 Å². The molecule has 1 amide bonds. The molecule has 18 heavy (non-hydrogen) atoms. The van der Waals surface area contributed by atoms with Gasteiger partial charge in [0.25, 0.3) is 0 Å². The second-order valence-corrected chi connectivity index (χ2v) is 5.49. The topological polar surface area (TPSA) is 59.0 Å². The SMILES string of the molecule is CCn1nc(C)cc1CNCC(=O)NC(C)(C)C. The van der Waals surface area contributed by atoms with Crippen molar-refractivity contribution in [3.63, 3.8) is 0 Å². The number of nitrogens with one attached hydrogen (secondary N) is 2. The zero-order chi connectivity index (χ0) is 13.8. The average molecular weight is 252 g/mol.